The van der Waals surface area contributed by atoms with E-state index in [4.69, 9.17) is 5.73 Å². The molecule has 0 bridgehead atoms. The van der Waals surface area contributed by atoms with E-state index in [1.54, 1.807) is 12.4 Å². The number of hydrogen-bond acceptors (Lipinski definition) is 4. The largest absolute Gasteiger partial charge is 0.347 e. The van der Waals surface area contributed by atoms with E-state index in [0.29, 0.717) is 12.1 Å². The number of nitrogens with two attached hydrogens (primary N) is 1. The highest BCUT2D eigenvalue weighted by molar-refractivity contribution is 6.09. The van der Waals surface area contributed by atoms with Crippen molar-refractivity contribution in [1.29, 1.82) is 5.26 Å². The van der Waals surface area contributed by atoms with Crippen LogP contribution in [-0.4, -0.2) is 5.84 Å². The second-order valence-electron chi connectivity index (χ2n) is 4.37. The monoisotopic (exact) mass is 264 g/mol. The third-order valence-corrected chi connectivity index (χ3v) is 3.23. The Morgan fingerprint density at radius 3 is 3.00 bits per heavy atom. The fourth-order valence-electron chi connectivity index (χ4n) is 2.10. The van der Waals surface area contributed by atoms with Gasteiger partial charge in [-0.05, 0) is 42.0 Å². The van der Waals surface area contributed by atoms with E-state index in [9.17, 15) is 5.26 Å². The summed E-state index contributed by atoms with van der Waals surface area (Å²) in [5, 5.41) is 12.2. The van der Waals surface area contributed by atoms with Crippen molar-refractivity contribution in [2.45, 2.75) is 13.5 Å². The van der Waals surface area contributed by atoms with Gasteiger partial charge in [-0.3, -0.25) is 0 Å². The second kappa shape index (κ2) is 6.00. The number of rotatable bonds is 3. The van der Waals surface area contributed by atoms with Gasteiger partial charge in [0.1, 0.15) is 5.84 Å². The molecule has 1 aromatic rings. The van der Waals surface area contributed by atoms with E-state index in [-0.39, 0.29) is 0 Å². The molecule has 0 spiro atoms. The first-order valence-electron chi connectivity index (χ1n) is 6.27. The number of allylic oxidation sites excluding steroid dienone is 1. The SMILES string of the molecule is C=CNC1=NC=C/C1=C(/C)c1ccc(CN)c(C#N)c1. The molecule has 1 heterocycles. The molecule has 20 heavy (non-hydrogen) atoms. The third kappa shape index (κ3) is 2.53. The molecule has 0 atom stereocenters. The van der Waals surface area contributed by atoms with E-state index < -0.39 is 0 Å². The number of benzene rings is 1. The smallest absolute Gasteiger partial charge is 0.137 e. The van der Waals surface area contributed by atoms with Crippen LogP contribution in [0, 0.1) is 11.3 Å². The second-order valence-corrected chi connectivity index (χ2v) is 4.37. The van der Waals surface area contributed by atoms with Gasteiger partial charge >= 0.3 is 0 Å². The summed E-state index contributed by atoms with van der Waals surface area (Å²) in [5.74, 6) is 0.763. The van der Waals surface area contributed by atoms with Gasteiger partial charge in [0.15, 0.2) is 0 Å². The highest BCUT2D eigenvalue weighted by Crippen LogP contribution is 2.24. The maximum atomic E-state index is 9.17. The first kappa shape index (κ1) is 13.8. The average Bonchev–Trinajstić information content (AvgIpc) is 2.94. The Labute approximate surface area is 118 Å². The molecule has 4 heteroatoms. The lowest BCUT2D eigenvalue weighted by Crippen LogP contribution is -2.17. The fourth-order valence-corrected chi connectivity index (χ4v) is 2.10. The zero-order valence-electron chi connectivity index (χ0n) is 11.4. The van der Waals surface area contributed by atoms with Crippen LogP contribution in [0.2, 0.25) is 0 Å². The van der Waals surface area contributed by atoms with E-state index in [1.807, 2.05) is 31.2 Å². The van der Waals surface area contributed by atoms with Crippen molar-refractivity contribution < 1.29 is 0 Å². The van der Waals surface area contributed by atoms with Gasteiger partial charge in [-0.2, -0.15) is 5.26 Å². The quantitative estimate of drug-likeness (QED) is 0.880. The van der Waals surface area contributed by atoms with Crippen LogP contribution in [-0.2, 0) is 6.54 Å². The Balaban J connectivity index is 2.46. The Morgan fingerprint density at radius 2 is 2.35 bits per heavy atom. The van der Waals surface area contributed by atoms with Crippen molar-refractivity contribution in [2.75, 3.05) is 0 Å². The number of amidine groups is 1. The lowest BCUT2D eigenvalue weighted by molar-refractivity contribution is 1.06. The predicted molar refractivity (Wildman–Crippen MR) is 81.6 cm³/mol. The Bertz CT molecular complexity index is 672. The summed E-state index contributed by atoms with van der Waals surface area (Å²) in [6.45, 7) is 6.01. The molecular weight excluding hydrogens is 248 g/mol. The highest BCUT2D eigenvalue weighted by atomic mass is 15.0. The van der Waals surface area contributed by atoms with E-state index in [1.165, 1.54) is 0 Å². The minimum atomic E-state index is 0.365. The zero-order valence-corrected chi connectivity index (χ0v) is 11.4. The molecule has 4 nitrogen and oxygen atoms in total. The van der Waals surface area contributed by atoms with Crippen LogP contribution in [0.5, 0.6) is 0 Å². The number of nitrogens with zero attached hydrogens (tertiary/aromatic N) is 2. The summed E-state index contributed by atoms with van der Waals surface area (Å²) in [5.41, 5.74) is 10.1. The lowest BCUT2D eigenvalue weighted by Gasteiger charge is -2.10. The van der Waals surface area contributed by atoms with E-state index in [0.717, 1.165) is 28.1 Å². The van der Waals surface area contributed by atoms with Gasteiger partial charge in [0, 0.05) is 18.3 Å². The zero-order chi connectivity index (χ0) is 14.5. The maximum absolute atomic E-state index is 9.17. The van der Waals surface area contributed by atoms with E-state index >= 15 is 0 Å². The molecule has 100 valence electrons. The minimum absolute atomic E-state index is 0.365. The van der Waals surface area contributed by atoms with Crippen molar-refractivity contribution in [3.05, 3.63) is 65.5 Å². The van der Waals surface area contributed by atoms with Crippen LogP contribution in [0.15, 0.2) is 53.8 Å². The molecule has 1 aromatic carbocycles. The average molecular weight is 264 g/mol. The normalized spacial score (nSPS) is 15.6. The van der Waals surface area contributed by atoms with E-state index in [2.05, 4.69) is 23.0 Å². The van der Waals surface area contributed by atoms with Crippen LogP contribution < -0.4 is 11.1 Å². The van der Waals surface area contributed by atoms with Crippen LogP contribution in [0.3, 0.4) is 0 Å². The van der Waals surface area contributed by atoms with Gasteiger partial charge in [-0.15, -0.1) is 0 Å². The molecule has 0 fully saturated rings. The minimum Gasteiger partial charge on any atom is -0.347 e. The number of nitrogens with one attached hydrogen (secondary N) is 1. The molecule has 1 aliphatic rings. The molecule has 2 rings (SSSR count). The first-order chi connectivity index (χ1) is 9.71. The number of hydrogen-bond donors (Lipinski definition) is 2. The Kier molecular flexibility index (Phi) is 4.14. The van der Waals surface area contributed by atoms with Gasteiger partial charge < -0.3 is 11.1 Å². The predicted octanol–water partition coefficient (Wildman–Crippen LogP) is 2.45. The van der Waals surface area contributed by atoms with Gasteiger partial charge in [0.25, 0.3) is 0 Å². The van der Waals surface area contributed by atoms with Crippen molar-refractivity contribution in [3.8, 4) is 6.07 Å². The summed E-state index contributed by atoms with van der Waals surface area (Å²) in [6, 6.07) is 7.92. The molecule has 0 unspecified atom stereocenters. The van der Waals surface area contributed by atoms with Crippen molar-refractivity contribution in [1.82, 2.24) is 5.32 Å². The molecule has 0 radical (unpaired) electrons. The van der Waals surface area contributed by atoms with Gasteiger partial charge in [-0.1, -0.05) is 18.7 Å². The maximum Gasteiger partial charge on any atom is 0.137 e. The molecule has 0 saturated carbocycles. The van der Waals surface area contributed by atoms with Crippen molar-refractivity contribution in [2.24, 2.45) is 10.7 Å². The van der Waals surface area contributed by atoms with Crippen LogP contribution >= 0.6 is 0 Å². The third-order valence-electron chi connectivity index (χ3n) is 3.23. The number of aliphatic imine (C=N–C) groups is 1. The van der Waals surface area contributed by atoms with Gasteiger partial charge in [-0.25, -0.2) is 4.99 Å². The van der Waals surface area contributed by atoms with Crippen LogP contribution in [0.4, 0.5) is 0 Å². The molecule has 1 aliphatic heterocycles. The summed E-state index contributed by atoms with van der Waals surface area (Å²) in [6.07, 6.45) is 5.27. The Morgan fingerprint density at radius 1 is 1.55 bits per heavy atom. The summed E-state index contributed by atoms with van der Waals surface area (Å²) in [7, 11) is 0. The highest BCUT2D eigenvalue weighted by Gasteiger charge is 2.13. The molecule has 3 N–H and O–H groups in total. The summed E-state index contributed by atoms with van der Waals surface area (Å²) in [4.78, 5) is 4.24. The van der Waals surface area contributed by atoms with Gasteiger partial charge in [0.05, 0.1) is 11.6 Å². The standard InChI is InChI=1S/C16H16N4/c1-3-19-16-15(6-7-20-16)11(2)12-4-5-13(9-17)14(8-12)10-18/h3-8H,1,9,17H2,2H3,(H,19,20)/b15-11+. The van der Waals surface area contributed by atoms with Crippen molar-refractivity contribution in [3.63, 3.8) is 0 Å². The molecule has 0 saturated heterocycles. The van der Waals surface area contributed by atoms with Gasteiger partial charge in [0.2, 0.25) is 0 Å². The number of nitriles is 1. The van der Waals surface area contributed by atoms with Crippen LogP contribution in [0.1, 0.15) is 23.6 Å². The lowest BCUT2D eigenvalue weighted by atomic mass is 9.97. The van der Waals surface area contributed by atoms with Crippen LogP contribution in [0.25, 0.3) is 5.57 Å². The molecule has 0 aromatic heterocycles. The molecule has 0 aliphatic carbocycles. The van der Waals surface area contributed by atoms with Crippen molar-refractivity contribution >= 4 is 11.4 Å². The molecular formula is C16H16N4. The first-order valence-corrected chi connectivity index (χ1v) is 6.27. The summed E-state index contributed by atoms with van der Waals surface area (Å²) >= 11 is 0. The molecule has 0 amide bonds. The fraction of sp³-hybridized carbons (Fsp3) is 0.125. The Hall–Kier alpha value is -2.64. The summed E-state index contributed by atoms with van der Waals surface area (Å²) < 4.78 is 0. The topological polar surface area (TPSA) is 74.2 Å².